The summed E-state index contributed by atoms with van der Waals surface area (Å²) in [6.45, 7) is 4.16. The molecule has 0 aliphatic heterocycles. The number of hydrogen-bond donors (Lipinski definition) is 0. The Bertz CT molecular complexity index is 72.6. The van der Waals surface area contributed by atoms with Gasteiger partial charge in [0.2, 0.25) is 0 Å². The summed E-state index contributed by atoms with van der Waals surface area (Å²) in [6.07, 6.45) is 6.09. The molecule has 1 atom stereocenters. The van der Waals surface area contributed by atoms with E-state index in [1.54, 1.807) is 0 Å². The van der Waals surface area contributed by atoms with Gasteiger partial charge in [-0.3, -0.25) is 0 Å². The molecule has 53 valence electrons. The van der Waals surface area contributed by atoms with Crippen LogP contribution in [0.15, 0.2) is 12.2 Å². The maximum atomic E-state index is 10.3. The Labute approximate surface area is 57.4 Å². The van der Waals surface area contributed by atoms with Gasteiger partial charge in [-0.2, -0.15) is 0 Å². The van der Waals surface area contributed by atoms with E-state index in [0.717, 1.165) is 12.8 Å². The minimum Gasteiger partial charge on any atom is -0.236 e. The molecule has 0 spiro atoms. The van der Waals surface area contributed by atoms with Crippen LogP contribution < -0.4 is 0 Å². The van der Waals surface area contributed by atoms with E-state index in [2.05, 4.69) is 13.0 Å². The van der Waals surface area contributed by atoms with Gasteiger partial charge in [-0.25, -0.2) is 5.11 Å². The smallest absolute Gasteiger partial charge is 0.0884 e. The van der Waals surface area contributed by atoms with Gasteiger partial charge in [0.25, 0.3) is 0 Å². The Kier molecular flexibility index (Phi) is 5.64. The van der Waals surface area contributed by atoms with Crippen LogP contribution in [0.5, 0.6) is 0 Å². The summed E-state index contributed by atoms with van der Waals surface area (Å²) < 4.78 is 0. The zero-order valence-electron chi connectivity index (χ0n) is 6.26. The molecule has 1 heteroatoms. The lowest BCUT2D eigenvalue weighted by Gasteiger charge is -2.00. The van der Waals surface area contributed by atoms with E-state index in [-0.39, 0.29) is 12.5 Å². The molecular weight excluding hydrogens is 112 g/mol. The molecule has 0 aromatic carbocycles. The maximum Gasteiger partial charge on any atom is 0.0884 e. The van der Waals surface area contributed by atoms with Crippen molar-refractivity contribution >= 4 is 0 Å². The lowest BCUT2D eigenvalue weighted by atomic mass is 10.1. The van der Waals surface area contributed by atoms with Crippen molar-refractivity contribution in [3.8, 4) is 0 Å². The first kappa shape index (κ1) is 8.70. The molecule has 0 aliphatic rings. The van der Waals surface area contributed by atoms with Crippen molar-refractivity contribution in [1.29, 1.82) is 0 Å². The second-order valence-corrected chi connectivity index (χ2v) is 2.17. The molecule has 1 nitrogen and oxygen atoms in total. The highest BCUT2D eigenvalue weighted by Gasteiger charge is 1.97. The fourth-order valence-electron chi connectivity index (χ4n) is 0.638. The zero-order valence-corrected chi connectivity index (χ0v) is 6.26. The van der Waals surface area contributed by atoms with Gasteiger partial charge in [-0.05, 0) is 12.8 Å². The van der Waals surface area contributed by atoms with Crippen molar-refractivity contribution in [3.05, 3.63) is 12.2 Å². The van der Waals surface area contributed by atoms with Gasteiger partial charge in [0.05, 0.1) is 6.61 Å². The number of rotatable bonds is 4. The number of allylic oxidation sites excluding steroid dienone is 1. The molecule has 0 aromatic rings. The molecule has 9 heavy (non-hydrogen) atoms. The minimum absolute atomic E-state index is 0.0347. The standard InChI is InChI=1S/C8H15O/c1-3-5-6-8(4-2)7-9/h5-6,8H,3-4,7H2,1-2H3. The van der Waals surface area contributed by atoms with E-state index < -0.39 is 0 Å². The van der Waals surface area contributed by atoms with Crippen molar-refractivity contribution in [2.45, 2.75) is 26.7 Å². The molecule has 0 amide bonds. The fourth-order valence-corrected chi connectivity index (χ4v) is 0.638. The number of hydrogen-bond acceptors (Lipinski definition) is 0. The average Bonchev–Trinajstić information content (AvgIpc) is 1.91. The third kappa shape index (κ3) is 4.22. The molecule has 0 saturated heterocycles. The first-order valence-electron chi connectivity index (χ1n) is 3.59. The van der Waals surface area contributed by atoms with Crippen molar-refractivity contribution in [1.82, 2.24) is 0 Å². The summed E-state index contributed by atoms with van der Waals surface area (Å²) in [5, 5.41) is 10.3. The van der Waals surface area contributed by atoms with Crippen LogP contribution in [0.25, 0.3) is 0 Å². The molecule has 0 aromatic heterocycles. The molecule has 0 heterocycles. The van der Waals surface area contributed by atoms with E-state index >= 15 is 0 Å². The first-order valence-corrected chi connectivity index (χ1v) is 3.59. The van der Waals surface area contributed by atoms with Crippen LogP contribution in [0.2, 0.25) is 0 Å². The van der Waals surface area contributed by atoms with E-state index in [1.807, 2.05) is 13.0 Å². The predicted octanol–water partition coefficient (Wildman–Crippen LogP) is 2.41. The lowest BCUT2D eigenvalue weighted by Crippen LogP contribution is -1.97. The first-order chi connectivity index (χ1) is 4.35. The third-order valence-corrected chi connectivity index (χ3v) is 1.38. The highest BCUT2D eigenvalue weighted by Crippen LogP contribution is 2.02. The van der Waals surface area contributed by atoms with Crippen LogP contribution in [0.1, 0.15) is 26.7 Å². The highest BCUT2D eigenvalue weighted by atomic mass is 16.3. The van der Waals surface area contributed by atoms with Gasteiger partial charge in [0.15, 0.2) is 0 Å². The molecule has 1 radical (unpaired) electrons. The normalized spacial score (nSPS) is 14.6. The van der Waals surface area contributed by atoms with Crippen molar-refractivity contribution in [3.63, 3.8) is 0 Å². The van der Waals surface area contributed by atoms with Crippen molar-refractivity contribution in [2.75, 3.05) is 6.61 Å². The molecule has 0 rings (SSSR count). The molecule has 0 N–H and O–H groups in total. The van der Waals surface area contributed by atoms with Crippen LogP contribution in [0.3, 0.4) is 0 Å². The summed E-state index contributed by atoms with van der Waals surface area (Å²) in [7, 11) is 0. The molecular formula is C8H15O. The van der Waals surface area contributed by atoms with Crippen LogP contribution in [-0.2, 0) is 5.11 Å². The average molecular weight is 127 g/mol. The van der Waals surface area contributed by atoms with E-state index in [9.17, 15) is 5.11 Å². The molecule has 1 unspecified atom stereocenters. The molecule has 0 saturated carbocycles. The van der Waals surface area contributed by atoms with Gasteiger partial charge in [-0.1, -0.05) is 26.0 Å². The van der Waals surface area contributed by atoms with Crippen LogP contribution in [0.4, 0.5) is 0 Å². The highest BCUT2D eigenvalue weighted by molar-refractivity contribution is 4.86. The quantitative estimate of drug-likeness (QED) is 0.517. The summed E-state index contributed by atoms with van der Waals surface area (Å²) >= 11 is 0. The van der Waals surface area contributed by atoms with Gasteiger partial charge in [0, 0.05) is 5.92 Å². The minimum atomic E-state index is 0.0347. The molecule has 0 aliphatic carbocycles. The topological polar surface area (TPSA) is 19.9 Å². The van der Waals surface area contributed by atoms with E-state index in [1.165, 1.54) is 0 Å². The summed E-state index contributed by atoms with van der Waals surface area (Å²) in [6, 6.07) is 0. The molecule has 0 fully saturated rings. The van der Waals surface area contributed by atoms with Crippen LogP contribution >= 0.6 is 0 Å². The Morgan fingerprint density at radius 3 is 2.44 bits per heavy atom. The van der Waals surface area contributed by atoms with Gasteiger partial charge >= 0.3 is 0 Å². The van der Waals surface area contributed by atoms with Crippen molar-refractivity contribution in [2.24, 2.45) is 5.92 Å². The summed E-state index contributed by atoms with van der Waals surface area (Å²) in [5.41, 5.74) is 0. The Morgan fingerprint density at radius 2 is 2.11 bits per heavy atom. The monoisotopic (exact) mass is 127 g/mol. The van der Waals surface area contributed by atoms with E-state index in [0.29, 0.717) is 0 Å². The maximum absolute atomic E-state index is 10.3. The molecule has 0 bridgehead atoms. The SMILES string of the molecule is CCC=CC(CC)C[O]. The van der Waals surface area contributed by atoms with Crippen LogP contribution in [-0.4, -0.2) is 6.61 Å². The van der Waals surface area contributed by atoms with Crippen molar-refractivity contribution < 1.29 is 5.11 Å². The second kappa shape index (κ2) is 5.83. The Hall–Kier alpha value is -0.300. The van der Waals surface area contributed by atoms with Gasteiger partial charge in [0.1, 0.15) is 0 Å². The summed E-state index contributed by atoms with van der Waals surface area (Å²) in [4.78, 5) is 0. The summed E-state index contributed by atoms with van der Waals surface area (Å²) in [5.74, 6) is 0.268. The van der Waals surface area contributed by atoms with Crippen LogP contribution in [0, 0.1) is 5.92 Å². The van der Waals surface area contributed by atoms with E-state index in [4.69, 9.17) is 0 Å². The largest absolute Gasteiger partial charge is 0.236 e. The third-order valence-electron chi connectivity index (χ3n) is 1.38. The van der Waals surface area contributed by atoms with Gasteiger partial charge in [-0.15, -0.1) is 0 Å². The predicted molar refractivity (Wildman–Crippen MR) is 38.8 cm³/mol. The fraction of sp³-hybridized carbons (Fsp3) is 0.750. The lowest BCUT2D eigenvalue weighted by molar-refractivity contribution is 0.160. The zero-order chi connectivity index (χ0) is 7.11. The Morgan fingerprint density at radius 1 is 1.44 bits per heavy atom. The second-order valence-electron chi connectivity index (χ2n) is 2.17. The Balaban J connectivity index is 3.41. The van der Waals surface area contributed by atoms with Gasteiger partial charge < -0.3 is 0 Å².